The fraction of sp³-hybridized carbons (Fsp3) is 0. The summed E-state index contributed by atoms with van der Waals surface area (Å²) in [4.78, 5) is 39.9. The second-order valence-electron chi connectivity index (χ2n) is 8.25. The molecular weight excluding hydrogens is 768 g/mol. The average Bonchev–Trinajstić information content (AvgIpc) is 3.04. The van der Waals surface area contributed by atoms with Gasteiger partial charge in [-0.2, -0.15) is 0 Å². The average molecular weight is 796 g/mol. The third-order valence-corrected chi connectivity index (χ3v) is 4.85. The Hall–Kier alpha value is -5.36. The van der Waals surface area contributed by atoms with Gasteiger partial charge in [-0.05, 0) is 46.6 Å². The maximum absolute atomic E-state index is 9.97. The van der Waals surface area contributed by atoms with Crippen molar-refractivity contribution < 1.29 is 39.6 Å². The van der Waals surface area contributed by atoms with Gasteiger partial charge in [-0.25, -0.2) is 0 Å². The summed E-state index contributed by atoms with van der Waals surface area (Å²) in [6.07, 6.45) is 10.0. The van der Waals surface area contributed by atoms with Gasteiger partial charge in [0.05, 0.1) is 23.9 Å². The van der Waals surface area contributed by atoms with Gasteiger partial charge in [0.2, 0.25) is 0 Å². The molecule has 0 aliphatic carbocycles. The van der Waals surface area contributed by atoms with E-state index in [1.807, 2.05) is 121 Å². The van der Waals surface area contributed by atoms with Gasteiger partial charge < -0.3 is 39.6 Å². The summed E-state index contributed by atoms with van der Waals surface area (Å²) in [6, 6.07) is 36.8. The predicted molar refractivity (Wildman–Crippen MR) is 168 cm³/mol. The second-order valence-corrected chi connectivity index (χ2v) is 8.25. The van der Waals surface area contributed by atoms with Crippen molar-refractivity contribution in [2.75, 3.05) is 0 Å². The van der Waals surface area contributed by atoms with Crippen LogP contribution in [-0.4, -0.2) is 51.2 Å². The van der Waals surface area contributed by atoms with Crippen LogP contribution in [0.4, 0.5) is 0 Å². The Kier molecular flexibility index (Phi) is 22.2. The van der Waals surface area contributed by atoms with E-state index >= 15 is 0 Å². The number of hydrogen-bond acceptors (Lipinski definition) is 8. The van der Waals surface area contributed by atoms with Crippen molar-refractivity contribution in [1.82, 2.24) is 0 Å². The van der Waals surface area contributed by atoms with Gasteiger partial charge in [-0.1, -0.05) is 146 Å². The fourth-order valence-corrected chi connectivity index (χ4v) is 2.91. The van der Waals surface area contributed by atoms with Crippen LogP contribution in [0, 0.1) is 0 Å². The summed E-state index contributed by atoms with van der Waals surface area (Å²) in [5, 5.41) is 39.9. The first-order chi connectivity index (χ1) is 21.2. The molecule has 0 fully saturated rings. The zero-order valence-corrected chi connectivity index (χ0v) is 27.8. The molecule has 0 heterocycles. The van der Waals surface area contributed by atoms with Gasteiger partial charge in [0.1, 0.15) is 0 Å². The van der Waals surface area contributed by atoms with E-state index in [0.29, 0.717) is 0 Å². The van der Waals surface area contributed by atoms with Crippen LogP contribution in [0.5, 0.6) is 0 Å². The van der Waals surface area contributed by atoms with Crippen LogP contribution >= 0.6 is 0 Å². The fourth-order valence-electron chi connectivity index (χ4n) is 2.91. The minimum atomic E-state index is -1.17. The Morgan fingerprint density at radius 1 is 0.333 bits per heavy atom. The molecule has 8 nitrogen and oxygen atoms in total. The molecule has 0 unspecified atom stereocenters. The third-order valence-electron chi connectivity index (χ3n) is 4.85. The Bertz CT molecular complexity index is 1290. The second kappa shape index (κ2) is 25.2. The number of aliphatic carboxylic acids is 4. The number of carboxylic acids is 4. The van der Waals surface area contributed by atoms with E-state index in [9.17, 15) is 39.6 Å². The summed E-state index contributed by atoms with van der Waals surface area (Å²) in [7, 11) is 0. The number of hydrogen-bond donors (Lipinski definition) is 0. The molecule has 45 heavy (non-hydrogen) atoms. The molecule has 0 N–H and O–H groups in total. The van der Waals surface area contributed by atoms with Crippen LogP contribution in [0.15, 0.2) is 146 Å². The summed E-state index contributed by atoms with van der Waals surface area (Å²) in [6.45, 7) is 0. The van der Waals surface area contributed by atoms with Crippen molar-refractivity contribution in [3.63, 3.8) is 0 Å². The maximum Gasteiger partial charge on any atom is 4.00 e. The van der Waals surface area contributed by atoms with Crippen LogP contribution in [0.3, 0.4) is 0 Å². The molecular formula is C36H28O8Pb. The minimum absolute atomic E-state index is 0. The Morgan fingerprint density at radius 3 is 0.622 bits per heavy atom. The van der Waals surface area contributed by atoms with Gasteiger partial charge in [0, 0.05) is 0 Å². The molecule has 0 aliphatic heterocycles. The van der Waals surface area contributed by atoms with Crippen LogP contribution in [0.2, 0.25) is 0 Å². The Labute approximate surface area is 281 Å². The largest absolute Gasteiger partial charge is 4.00 e. The van der Waals surface area contributed by atoms with Crippen LogP contribution in [0.1, 0.15) is 22.3 Å². The molecule has 0 radical (unpaired) electrons. The zero-order valence-electron chi connectivity index (χ0n) is 23.9. The first-order valence-corrected chi connectivity index (χ1v) is 12.9. The van der Waals surface area contributed by atoms with Crippen molar-refractivity contribution in [2.45, 2.75) is 0 Å². The van der Waals surface area contributed by atoms with E-state index in [1.54, 1.807) is 0 Å². The predicted octanol–water partition coefficient (Wildman–Crippen LogP) is 1.42. The molecule has 0 saturated heterocycles. The quantitative estimate of drug-likeness (QED) is 0.191. The molecule has 224 valence electrons. The molecule has 4 aromatic rings. The summed E-state index contributed by atoms with van der Waals surface area (Å²) < 4.78 is 0. The first-order valence-electron chi connectivity index (χ1n) is 12.9. The van der Waals surface area contributed by atoms with Gasteiger partial charge in [0.15, 0.2) is 0 Å². The molecule has 0 bridgehead atoms. The molecule has 4 rings (SSSR count). The number of rotatable bonds is 8. The molecule has 0 aromatic heterocycles. The van der Waals surface area contributed by atoms with Crippen molar-refractivity contribution in [2.24, 2.45) is 0 Å². The van der Waals surface area contributed by atoms with Crippen molar-refractivity contribution in [3.8, 4) is 0 Å². The summed E-state index contributed by atoms with van der Waals surface area (Å²) in [5.74, 6) is -4.69. The maximum atomic E-state index is 9.97. The van der Waals surface area contributed by atoms with Gasteiger partial charge in [-0.15, -0.1) is 0 Å². The van der Waals surface area contributed by atoms with E-state index in [4.69, 9.17) is 0 Å². The first kappa shape index (κ1) is 39.6. The van der Waals surface area contributed by atoms with Gasteiger partial charge >= 0.3 is 27.3 Å². The van der Waals surface area contributed by atoms with Gasteiger partial charge in [-0.3, -0.25) is 0 Å². The van der Waals surface area contributed by atoms with E-state index in [0.717, 1.165) is 46.6 Å². The molecule has 0 amide bonds. The van der Waals surface area contributed by atoms with Crippen LogP contribution in [0.25, 0.3) is 24.3 Å². The minimum Gasteiger partial charge on any atom is -0.545 e. The SMILES string of the molecule is O=C([O-])/C=C/c1ccccc1.O=C([O-])/C=C/c1ccccc1.O=C([O-])/C=C/c1ccccc1.O=C([O-])/C=C/c1ccccc1.[Pb+4]. The zero-order chi connectivity index (χ0) is 32.4. The normalized spacial score (nSPS) is 9.96. The standard InChI is InChI=1S/4C9H8O2.Pb/c4*10-9(11)7-6-8-4-2-1-3-5-8;/h4*1-7H,(H,10,11);/q;;;;+4/p-4/b4*7-6+;. The van der Waals surface area contributed by atoms with E-state index in [-0.39, 0.29) is 27.3 Å². The topological polar surface area (TPSA) is 161 Å². The molecule has 4 aromatic carbocycles. The molecule has 9 heteroatoms. The molecule has 0 atom stereocenters. The van der Waals surface area contributed by atoms with Crippen molar-refractivity contribution >= 4 is 75.5 Å². The number of carbonyl (C=O) groups is 4. The Balaban J connectivity index is 0.000000569. The molecule has 0 aliphatic rings. The third kappa shape index (κ3) is 23.8. The van der Waals surface area contributed by atoms with Gasteiger partial charge in [0.25, 0.3) is 0 Å². The van der Waals surface area contributed by atoms with Crippen LogP contribution < -0.4 is 20.4 Å². The van der Waals surface area contributed by atoms with E-state index in [1.165, 1.54) is 24.3 Å². The van der Waals surface area contributed by atoms with E-state index in [2.05, 4.69) is 0 Å². The summed E-state index contributed by atoms with van der Waals surface area (Å²) in [5.41, 5.74) is 3.43. The number of benzene rings is 4. The number of carboxylic acid groups (broad SMARTS) is 4. The summed E-state index contributed by atoms with van der Waals surface area (Å²) >= 11 is 0. The smallest absolute Gasteiger partial charge is 0.545 e. The number of carbonyl (C=O) groups excluding carboxylic acids is 4. The monoisotopic (exact) mass is 796 g/mol. The van der Waals surface area contributed by atoms with Crippen molar-refractivity contribution in [3.05, 3.63) is 168 Å². The Morgan fingerprint density at radius 2 is 0.489 bits per heavy atom. The van der Waals surface area contributed by atoms with Crippen LogP contribution in [-0.2, 0) is 19.2 Å². The van der Waals surface area contributed by atoms with Crippen molar-refractivity contribution in [1.29, 1.82) is 0 Å². The molecule has 0 saturated carbocycles. The molecule has 0 spiro atoms. The van der Waals surface area contributed by atoms with E-state index < -0.39 is 23.9 Å².